The molecule has 0 saturated heterocycles. The number of rotatable bonds is 0. The quantitative estimate of drug-likeness (QED) is 0.567. The van der Waals surface area contributed by atoms with Crippen molar-refractivity contribution >= 4 is 36.5 Å². The summed E-state index contributed by atoms with van der Waals surface area (Å²) in [6.45, 7) is 0. The second kappa shape index (κ2) is 1.94. The van der Waals surface area contributed by atoms with E-state index in [-0.39, 0.29) is 0 Å². The number of hydrogen-bond donors (Lipinski definition) is 0. The molecule has 1 aromatic rings. The van der Waals surface area contributed by atoms with Crippen LogP contribution in [0.25, 0.3) is 0 Å². The van der Waals surface area contributed by atoms with E-state index in [1.807, 2.05) is 5.38 Å². The first-order valence-electron chi connectivity index (χ1n) is 2.61. The van der Waals surface area contributed by atoms with Crippen molar-refractivity contribution < 1.29 is 4.79 Å². The predicted octanol–water partition coefficient (Wildman–Crippen LogP) is 0.692. The molecule has 0 unspecified atom stereocenters. The molecular weight excluding hydrogens is 199 g/mol. The average molecular weight is 203 g/mol. The van der Waals surface area contributed by atoms with Crippen LogP contribution in [0, 0.1) is 0 Å². The molecule has 0 spiro atoms. The van der Waals surface area contributed by atoms with Crippen molar-refractivity contribution in [1.29, 1.82) is 0 Å². The SMILES string of the molecule is O=C1C[Se]c2ccsc21. The first-order chi connectivity index (χ1) is 4.38. The van der Waals surface area contributed by atoms with E-state index >= 15 is 0 Å². The van der Waals surface area contributed by atoms with Gasteiger partial charge in [0.25, 0.3) is 0 Å². The van der Waals surface area contributed by atoms with Crippen LogP contribution in [0.2, 0.25) is 5.32 Å². The fraction of sp³-hybridized carbons (Fsp3) is 0.167. The first kappa shape index (κ1) is 5.66. The van der Waals surface area contributed by atoms with Crippen LogP contribution in [0.3, 0.4) is 0 Å². The molecule has 1 nitrogen and oxygen atoms in total. The number of carbonyl (C=O) groups excluding carboxylic acids is 1. The van der Waals surface area contributed by atoms with E-state index in [1.54, 1.807) is 11.3 Å². The summed E-state index contributed by atoms with van der Waals surface area (Å²) >= 11 is 2.05. The van der Waals surface area contributed by atoms with Crippen molar-refractivity contribution in [3.8, 4) is 0 Å². The molecule has 0 aliphatic carbocycles. The Morgan fingerprint density at radius 2 is 2.56 bits per heavy atom. The predicted molar refractivity (Wildman–Crippen MR) is 38.8 cm³/mol. The van der Waals surface area contributed by atoms with Crippen LogP contribution in [-0.4, -0.2) is 20.7 Å². The molecule has 0 aromatic carbocycles. The zero-order valence-corrected chi connectivity index (χ0v) is 7.12. The molecule has 46 valence electrons. The third kappa shape index (κ3) is 0.767. The van der Waals surface area contributed by atoms with Gasteiger partial charge in [0.15, 0.2) is 0 Å². The molecule has 0 saturated carbocycles. The van der Waals surface area contributed by atoms with E-state index in [2.05, 4.69) is 6.07 Å². The standard InChI is InChI=1S/C6H4OSSe/c7-4-3-9-5-1-2-8-6(4)5/h1-2H,3H2. The second-order valence-corrected chi connectivity index (χ2v) is 4.88. The topological polar surface area (TPSA) is 17.1 Å². The van der Waals surface area contributed by atoms with Gasteiger partial charge in [-0.1, -0.05) is 0 Å². The minimum absolute atomic E-state index is 0.361. The normalized spacial score (nSPS) is 16.2. The summed E-state index contributed by atoms with van der Waals surface area (Å²) < 4.78 is 1.32. The second-order valence-electron chi connectivity index (χ2n) is 1.83. The molecule has 0 bridgehead atoms. The Morgan fingerprint density at radius 3 is 3.33 bits per heavy atom. The van der Waals surface area contributed by atoms with Crippen LogP contribution < -0.4 is 4.46 Å². The molecule has 3 heteroatoms. The Labute approximate surface area is 63.2 Å². The summed E-state index contributed by atoms with van der Waals surface area (Å²) in [6.07, 6.45) is 0. The van der Waals surface area contributed by atoms with Crippen LogP contribution in [-0.2, 0) is 0 Å². The van der Waals surface area contributed by atoms with E-state index < -0.39 is 0 Å². The van der Waals surface area contributed by atoms with E-state index in [0.29, 0.717) is 20.7 Å². The van der Waals surface area contributed by atoms with Gasteiger partial charge < -0.3 is 0 Å². The Morgan fingerprint density at radius 1 is 1.67 bits per heavy atom. The molecule has 0 amide bonds. The molecular formula is C6H4OSSe. The maximum atomic E-state index is 11.0. The molecule has 2 rings (SSSR count). The van der Waals surface area contributed by atoms with Crippen molar-refractivity contribution in [1.82, 2.24) is 0 Å². The summed E-state index contributed by atoms with van der Waals surface area (Å²) in [5.74, 6) is 0.361. The van der Waals surface area contributed by atoms with Crippen molar-refractivity contribution in [3.63, 3.8) is 0 Å². The van der Waals surface area contributed by atoms with Gasteiger partial charge in [-0.2, -0.15) is 0 Å². The fourth-order valence-electron chi connectivity index (χ4n) is 0.823. The summed E-state index contributed by atoms with van der Waals surface area (Å²) in [6, 6.07) is 2.07. The fourth-order valence-corrected chi connectivity index (χ4v) is 4.32. The van der Waals surface area contributed by atoms with Gasteiger partial charge in [-0.25, -0.2) is 0 Å². The number of fused-ring (bicyclic) bond motifs is 1. The number of Topliss-reactive ketones (excluding diaryl/α,β-unsaturated/α-hetero) is 1. The molecule has 1 aliphatic rings. The van der Waals surface area contributed by atoms with Gasteiger partial charge in [0.05, 0.1) is 0 Å². The number of carbonyl (C=O) groups is 1. The van der Waals surface area contributed by atoms with Crippen LogP contribution in [0.15, 0.2) is 11.4 Å². The zero-order valence-electron chi connectivity index (χ0n) is 4.59. The zero-order chi connectivity index (χ0) is 6.27. The Hall–Kier alpha value is -0.111. The van der Waals surface area contributed by atoms with Crippen LogP contribution in [0.1, 0.15) is 9.67 Å². The van der Waals surface area contributed by atoms with Gasteiger partial charge >= 0.3 is 63.0 Å². The maximum absolute atomic E-state index is 11.0. The third-order valence-electron chi connectivity index (χ3n) is 1.24. The third-order valence-corrected chi connectivity index (χ3v) is 4.71. The minimum atomic E-state index is 0.361. The molecule has 9 heavy (non-hydrogen) atoms. The van der Waals surface area contributed by atoms with E-state index in [0.717, 1.165) is 10.2 Å². The molecule has 1 aromatic heterocycles. The molecule has 1 aliphatic heterocycles. The molecule has 0 fully saturated rings. The summed E-state index contributed by atoms with van der Waals surface area (Å²) in [5.41, 5.74) is 0. The summed E-state index contributed by atoms with van der Waals surface area (Å²) in [4.78, 5) is 12.0. The van der Waals surface area contributed by atoms with Gasteiger partial charge in [0.2, 0.25) is 0 Å². The van der Waals surface area contributed by atoms with E-state index in [4.69, 9.17) is 0 Å². The molecule has 2 heterocycles. The van der Waals surface area contributed by atoms with Crippen molar-refractivity contribution in [2.24, 2.45) is 0 Å². The Balaban J connectivity index is 2.61. The summed E-state index contributed by atoms with van der Waals surface area (Å²) in [7, 11) is 0. The molecule has 0 radical (unpaired) electrons. The van der Waals surface area contributed by atoms with E-state index in [9.17, 15) is 4.79 Å². The number of hydrogen-bond acceptors (Lipinski definition) is 2. The first-order valence-corrected chi connectivity index (χ1v) is 5.56. The van der Waals surface area contributed by atoms with Crippen molar-refractivity contribution in [2.45, 2.75) is 5.32 Å². The Kier molecular flexibility index (Phi) is 1.22. The van der Waals surface area contributed by atoms with Gasteiger partial charge in [-0.3, -0.25) is 0 Å². The van der Waals surface area contributed by atoms with Crippen LogP contribution in [0.5, 0.6) is 0 Å². The van der Waals surface area contributed by atoms with Crippen molar-refractivity contribution in [3.05, 3.63) is 16.3 Å². The van der Waals surface area contributed by atoms with Gasteiger partial charge in [-0.15, -0.1) is 0 Å². The monoisotopic (exact) mass is 204 g/mol. The van der Waals surface area contributed by atoms with Crippen LogP contribution in [0.4, 0.5) is 0 Å². The average Bonchev–Trinajstić information content (AvgIpc) is 2.35. The van der Waals surface area contributed by atoms with Crippen LogP contribution >= 0.6 is 11.3 Å². The summed E-state index contributed by atoms with van der Waals surface area (Å²) in [5, 5.41) is 2.80. The van der Waals surface area contributed by atoms with Gasteiger partial charge in [-0.05, 0) is 0 Å². The van der Waals surface area contributed by atoms with Gasteiger partial charge in [0.1, 0.15) is 0 Å². The Bertz CT molecular complexity index is 253. The van der Waals surface area contributed by atoms with Gasteiger partial charge in [0, 0.05) is 0 Å². The number of ketones is 1. The van der Waals surface area contributed by atoms with Crippen molar-refractivity contribution in [2.75, 3.05) is 0 Å². The molecule has 0 N–H and O–H groups in total. The molecule has 0 atom stereocenters. The van der Waals surface area contributed by atoms with E-state index in [1.165, 1.54) is 4.46 Å². The number of thiophene rings is 1.